The molecule has 0 aliphatic carbocycles. The molecule has 1 saturated heterocycles. The zero-order valence-electron chi connectivity index (χ0n) is 16.1. The normalized spacial score (nSPS) is 25.4. The molecule has 4 rings (SSSR count). The number of rotatable bonds is 5. The molecule has 2 aliphatic heterocycles. The molecule has 2 aromatic carbocycles. The molecule has 3 atom stereocenters. The van der Waals surface area contributed by atoms with Crippen molar-refractivity contribution in [3.05, 3.63) is 65.7 Å². The maximum atomic E-state index is 12.9. The van der Waals surface area contributed by atoms with Crippen LogP contribution in [0.4, 0.5) is 0 Å². The van der Waals surface area contributed by atoms with Crippen molar-refractivity contribution in [3.8, 4) is 5.75 Å². The largest absolute Gasteiger partial charge is 0.467 e. The summed E-state index contributed by atoms with van der Waals surface area (Å²) >= 11 is 5.68. The summed E-state index contributed by atoms with van der Waals surface area (Å²) in [5.41, 5.74) is 1.23. The first-order chi connectivity index (χ1) is 13.5. The summed E-state index contributed by atoms with van der Waals surface area (Å²) < 4.78 is 11.9. The van der Waals surface area contributed by atoms with Gasteiger partial charge in [-0.15, -0.1) is 0 Å². The highest BCUT2D eigenvalue weighted by Crippen LogP contribution is 2.48. The van der Waals surface area contributed by atoms with Crippen molar-refractivity contribution in [2.45, 2.75) is 32.0 Å². The second-order valence-corrected chi connectivity index (χ2v) is 7.63. The molecule has 28 heavy (non-hydrogen) atoms. The van der Waals surface area contributed by atoms with Crippen molar-refractivity contribution in [3.63, 3.8) is 0 Å². The van der Waals surface area contributed by atoms with E-state index < -0.39 is 11.6 Å². The maximum Gasteiger partial charge on any atom is 0.317 e. The number of para-hydroxylation sites is 1. The number of nitrogens with one attached hydrogen (secondary N) is 1. The molecule has 2 aromatic rings. The fourth-order valence-electron chi connectivity index (χ4n) is 4.20. The van der Waals surface area contributed by atoms with Crippen molar-refractivity contribution in [1.29, 1.82) is 0 Å². The Morgan fingerprint density at radius 1 is 1.21 bits per heavy atom. The van der Waals surface area contributed by atoms with Gasteiger partial charge in [-0.2, -0.15) is 0 Å². The number of carbonyl (C=O) groups is 1. The van der Waals surface area contributed by atoms with Crippen LogP contribution in [-0.4, -0.2) is 34.9 Å². The number of carbonyl (C=O) groups excluding carboxylic acids is 1. The van der Waals surface area contributed by atoms with E-state index in [1.54, 1.807) is 0 Å². The smallest absolute Gasteiger partial charge is 0.317 e. The average Bonchev–Trinajstić information content (AvgIpc) is 2.68. The summed E-state index contributed by atoms with van der Waals surface area (Å²) in [5.74, 6) is -0.0238. The monoisotopic (exact) mass is 396 g/mol. The highest BCUT2D eigenvalue weighted by Gasteiger charge is 2.59. The maximum absolute atomic E-state index is 12.9. The molecule has 1 N–H and O–H groups in total. The molecule has 6 heteroatoms. The number of hydrogen-bond acceptors (Lipinski definition) is 4. The average molecular weight is 397 g/mol. The van der Waals surface area contributed by atoms with Gasteiger partial charge in [0.2, 0.25) is 0 Å². The first-order valence-corrected chi connectivity index (χ1v) is 10.0. The summed E-state index contributed by atoms with van der Waals surface area (Å²) in [6.45, 7) is 4.72. The van der Waals surface area contributed by atoms with Gasteiger partial charge < -0.3 is 19.7 Å². The van der Waals surface area contributed by atoms with Gasteiger partial charge in [-0.1, -0.05) is 48.5 Å². The Morgan fingerprint density at radius 2 is 1.93 bits per heavy atom. The van der Waals surface area contributed by atoms with Crippen LogP contribution in [0.3, 0.4) is 0 Å². The van der Waals surface area contributed by atoms with E-state index in [1.165, 1.54) is 5.56 Å². The Kier molecular flexibility index (Phi) is 4.98. The first kappa shape index (κ1) is 18.7. The topological polar surface area (TPSA) is 50.8 Å². The second kappa shape index (κ2) is 7.43. The van der Waals surface area contributed by atoms with Crippen LogP contribution in [0.5, 0.6) is 5.75 Å². The van der Waals surface area contributed by atoms with Crippen molar-refractivity contribution >= 4 is 23.3 Å². The van der Waals surface area contributed by atoms with Crippen LogP contribution in [0.15, 0.2) is 54.6 Å². The van der Waals surface area contributed by atoms with E-state index in [4.69, 9.17) is 21.7 Å². The Bertz CT molecular complexity index is 888. The third kappa shape index (κ3) is 3.11. The Labute approximate surface area is 170 Å². The molecule has 5 nitrogen and oxygen atoms in total. The van der Waals surface area contributed by atoms with Gasteiger partial charge in [-0.25, -0.2) is 0 Å². The Hall–Kier alpha value is -2.60. The first-order valence-electron chi connectivity index (χ1n) is 9.61. The lowest BCUT2D eigenvalue weighted by atomic mass is 9.79. The Morgan fingerprint density at radius 3 is 2.68 bits per heavy atom. The lowest BCUT2D eigenvalue weighted by molar-refractivity contribution is -0.175. The van der Waals surface area contributed by atoms with Crippen molar-refractivity contribution < 1.29 is 14.3 Å². The van der Waals surface area contributed by atoms with Crippen LogP contribution in [0.25, 0.3) is 0 Å². The molecular formula is C22H24N2O3S. The number of esters is 1. The summed E-state index contributed by atoms with van der Waals surface area (Å²) in [7, 11) is 0. The zero-order valence-corrected chi connectivity index (χ0v) is 16.9. The molecule has 1 fully saturated rings. The van der Waals surface area contributed by atoms with Crippen LogP contribution >= 0.6 is 12.2 Å². The number of thiocarbonyl (C=S) groups is 1. The Balaban J connectivity index is 1.70. The molecule has 0 radical (unpaired) electrons. The number of ether oxygens (including phenoxy) is 2. The molecule has 2 bridgehead atoms. The third-order valence-electron chi connectivity index (χ3n) is 5.55. The predicted octanol–water partition coefficient (Wildman–Crippen LogP) is 3.45. The van der Waals surface area contributed by atoms with Gasteiger partial charge in [0.25, 0.3) is 0 Å². The quantitative estimate of drug-likeness (QED) is 0.617. The highest BCUT2D eigenvalue weighted by atomic mass is 32.1. The fraction of sp³-hybridized carbons (Fsp3) is 0.364. The second-order valence-electron chi connectivity index (χ2n) is 7.24. The van der Waals surface area contributed by atoms with E-state index in [-0.39, 0.29) is 12.0 Å². The van der Waals surface area contributed by atoms with E-state index in [1.807, 2.05) is 61.2 Å². The molecule has 0 unspecified atom stereocenters. The molecule has 0 aromatic heterocycles. The SMILES string of the molecule is CCOC(=O)[C@H]1[C@@H]2NC(=S)N(CCc3ccccc3)[C@@]1(C)Oc1ccccc12. The summed E-state index contributed by atoms with van der Waals surface area (Å²) in [4.78, 5) is 14.9. The standard InChI is InChI=1S/C22H24N2O3S/c1-3-26-20(25)18-19-16-11-7-8-12-17(16)27-22(18,2)24(21(28)23-19)14-13-15-9-5-4-6-10-15/h4-12,18-19H,3,13-14H2,1-2H3,(H,23,28)/t18-,19-,22+/m1/s1. The number of nitrogens with zero attached hydrogens (tertiary/aromatic N) is 1. The highest BCUT2D eigenvalue weighted by molar-refractivity contribution is 7.80. The van der Waals surface area contributed by atoms with E-state index in [0.29, 0.717) is 18.3 Å². The number of hydrogen-bond donors (Lipinski definition) is 1. The number of fused-ring (bicyclic) bond motifs is 4. The summed E-state index contributed by atoms with van der Waals surface area (Å²) in [5, 5.41) is 3.98. The van der Waals surface area contributed by atoms with Crippen LogP contribution in [0.1, 0.15) is 31.0 Å². The minimum atomic E-state index is -0.914. The van der Waals surface area contributed by atoms with Crippen LogP contribution < -0.4 is 10.1 Å². The molecule has 0 spiro atoms. The lowest BCUT2D eigenvalue weighted by Crippen LogP contribution is -2.71. The predicted molar refractivity (Wildman–Crippen MR) is 111 cm³/mol. The minimum Gasteiger partial charge on any atom is -0.467 e. The van der Waals surface area contributed by atoms with Gasteiger partial charge in [-0.05, 0) is 44.1 Å². The molecule has 0 saturated carbocycles. The van der Waals surface area contributed by atoms with Crippen molar-refractivity contribution in [1.82, 2.24) is 10.2 Å². The molecule has 146 valence electrons. The lowest BCUT2D eigenvalue weighted by Gasteiger charge is -2.55. The summed E-state index contributed by atoms with van der Waals surface area (Å²) in [6, 6.07) is 17.7. The zero-order chi connectivity index (χ0) is 19.7. The fourth-order valence-corrected chi connectivity index (χ4v) is 4.60. The van der Waals surface area contributed by atoms with Gasteiger partial charge in [0.15, 0.2) is 10.8 Å². The van der Waals surface area contributed by atoms with E-state index in [2.05, 4.69) is 17.4 Å². The van der Waals surface area contributed by atoms with Crippen molar-refractivity contribution in [2.24, 2.45) is 5.92 Å². The van der Waals surface area contributed by atoms with E-state index in [9.17, 15) is 4.79 Å². The van der Waals surface area contributed by atoms with E-state index in [0.717, 1.165) is 17.7 Å². The van der Waals surface area contributed by atoms with E-state index >= 15 is 0 Å². The van der Waals surface area contributed by atoms with Gasteiger partial charge in [-0.3, -0.25) is 4.79 Å². The van der Waals surface area contributed by atoms with Gasteiger partial charge in [0.1, 0.15) is 11.7 Å². The number of benzene rings is 2. The molecule has 2 heterocycles. The third-order valence-corrected chi connectivity index (χ3v) is 5.89. The molecular weight excluding hydrogens is 372 g/mol. The molecule has 0 amide bonds. The summed E-state index contributed by atoms with van der Waals surface area (Å²) in [6.07, 6.45) is 0.795. The van der Waals surface area contributed by atoms with Gasteiger partial charge >= 0.3 is 5.97 Å². The van der Waals surface area contributed by atoms with Crippen LogP contribution in [0, 0.1) is 5.92 Å². The van der Waals surface area contributed by atoms with Crippen LogP contribution in [-0.2, 0) is 16.0 Å². The van der Waals surface area contributed by atoms with Gasteiger partial charge in [0, 0.05) is 12.1 Å². The van der Waals surface area contributed by atoms with Crippen LogP contribution in [0.2, 0.25) is 0 Å². The van der Waals surface area contributed by atoms with Crippen molar-refractivity contribution in [2.75, 3.05) is 13.2 Å². The minimum absolute atomic E-state index is 0.269. The molecule has 2 aliphatic rings. The van der Waals surface area contributed by atoms with Gasteiger partial charge in [0.05, 0.1) is 12.6 Å².